The van der Waals surface area contributed by atoms with Crippen molar-refractivity contribution in [3.05, 3.63) is 56.7 Å². The molecule has 0 bridgehead atoms. The second kappa shape index (κ2) is 5.93. The molecule has 0 saturated heterocycles. The average molecular weight is 402 g/mol. The van der Waals surface area contributed by atoms with Crippen LogP contribution >= 0.6 is 31.9 Å². The van der Waals surface area contributed by atoms with Gasteiger partial charge in [0.2, 0.25) is 0 Å². The molecule has 6 heteroatoms. The molecule has 1 amide bonds. The minimum absolute atomic E-state index is 0.272. The van der Waals surface area contributed by atoms with Crippen LogP contribution in [0.2, 0.25) is 0 Å². The van der Waals surface area contributed by atoms with Crippen LogP contribution in [-0.2, 0) is 0 Å². The van der Waals surface area contributed by atoms with Gasteiger partial charge in [0.25, 0.3) is 5.91 Å². The number of amides is 1. The molecular weight excluding hydrogens is 391 g/mol. The molecule has 0 saturated carbocycles. The van der Waals surface area contributed by atoms with Crippen molar-refractivity contribution in [3.63, 3.8) is 0 Å². The van der Waals surface area contributed by atoms with Crippen molar-refractivity contribution >= 4 is 49.1 Å². The number of nitrogens with zero attached hydrogens (tertiary/aromatic N) is 1. The van der Waals surface area contributed by atoms with Crippen molar-refractivity contribution in [2.75, 3.05) is 17.7 Å². The molecule has 0 atom stereocenters. The van der Waals surface area contributed by atoms with Crippen LogP contribution in [0.4, 0.5) is 15.8 Å². The van der Waals surface area contributed by atoms with Crippen molar-refractivity contribution in [2.45, 2.75) is 0 Å². The maximum Gasteiger partial charge on any atom is 0.259 e. The van der Waals surface area contributed by atoms with E-state index in [0.717, 1.165) is 4.47 Å². The van der Waals surface area contributed by atoms with Crippen LogP contribution in [0.15, 0.2) is 45.3 Å². The van der Waals surface area contributed by atoms with Crippen LogP contribution in [-0.4, -0.2) is 13.0 Å². The smallest absolute Gasteiger partial charge is 0.259 e. The van der Waals surface area contributed by atoms with Gasteiger partial charge in [-0.15, -0.1) is 0 Å². The normalized spacial score (nSPS) is 10.4. The predicted octanol–water partition coefficient (Wildman–Crippen LogP) is 4.21. The number of hydrogen-bond acceptors (Lipinski definition) is 2. The van der Waals surface area contributed by atoms with E-state index in [-0.39, 0.29) is 5.91 Å². The number of rotatable bonds is 2. The number of anilines is 2. The highest BCUT2D eigenvalue weighted by Crippen LogP contribution is 2.28. The zero-order valence-electron chi connectivity index (χ0n) is 10.5. The molecular formula is C14H11Br2FN2O. The molecule has 2 rings (SSSR count). The van der Waals surface area contributed by atoms with Gasteiger partial charge in [0.1, 0.15) is 5.82 Å². The van der Waals surface area contributed by atoms with E-state index in [1.165, 1.54) is 23.1 Å². The predicted molar refractivity (Wildman–Crippen MR) is 85.4 cm³/mol. The third-order valence-corrected chi connectivity index (χ3v) is 3.97. The van der Waals surface area contributed by atoms with Crippen LogP contribution < -0.4 is 10.6 Å². The fourth-order valence-corrected chi connectivity index (χ4v) is 2.68. The van der Waals surface area contributed by atoms with Crippen molar-refractivity contribution in [3.8, 4) is 0 Å². The van der Waals surface area contributed by atoms with Gasteiger partial charge in [0.05, 0.1) is 16.9 Å². The molecule has 0 heterocycles. The number of benzene rings is 2. The summed E-state index contributed by atoms with van der Waals surface area (Å²) in [7, 11) is 1.62. The average Bonchev–Trinajstić information content (AvgIpc) is 2.37. The van der Waals surface area contributed by atoms with Gasteiger partial charge in [-0.2, -0.15) is 0 Å². The van der Waals surface area contributed by atoms with Crippen LogP contribution in [0.25, 0.3) is 0 Å². The largest absolute Gasteiger partial charge is 0.397 e. The lowest BCUT2D eigenvalue weighted by Gasteiger charge is -2.20. The second-order valence-electron chi connectivity index (χ2n) is 4.19. The summed E-state index contributed by atoms with van der Waals surface area (Å²) in [6.45, 7) is 0. The van der Waals surface area contributed by atoms with Crippen LogP contribution in [0.5, 0.6) is 0 Å². The minimum Gasteiger partial charge on any atom is -0.397 e. The topological polar surface area (TPSA) is 46.3 Å². The van der Waals surface area contributed by atoms with Gasteiger partial charge >= 0.3 is 0 Å². The van der Waals surface area contributed by atoms with E-state index in [1.807, 2.05) is 0 Å². The molecule has 2 aromatic carbocycles. The van der Waals surface area contributed by atoms with E-state index < -0.39 is 5.82 Å². The van der Waals surface area contributed by atoms with E-state index in [2.05, 4.69) is 31.9 Å². The molecule has 0 unspecified atom stereocenters. The zero-order valence-corrected chi connectivity index (χ0v) is 13.7. The van der Waals surface area contributed by atoms with Gasteiger partial charge < -0.3 is 10.6 Å². The van der Waals surface area contributed by atoms with Crippen LogP contribution in [0.3, 0.4) is 0 Å². The molecule has 0 aliphatic carbocycles. The first-order valence-electron chi connectivity index (χ1n) is 5.68. The maximum atomic E-state index is 13.1. The highest BCUT2D eigenvalue weighted by atomic mass is 79.9. The molecule has 0 radical (unpaired) electrons. The Morgan fingerprint density at radius 2 is 1.90 bits per heavy atom. The Morgan fingerprint density at radius 3 is 2.50 bits per heavy atom. The van der Waals surface area contributed by atoms with Crippen LogP contribution in [0.1, 0.15) is 10.4 Å². The van der Waals surface area contributed by atoms with Crippen molar-refractivity contribution < 1.29 is 9.18 Å². The lowest BCUT2D eigenvalue weighted by Crippen LogP contribution is -2.27. The quantitative estimate of drug-likeness (QED) is 0.766. The Morgan fingerprint density at radius 1 is 1.20 bits per heavy atom. The first kappa shape index (κ1) is 15.0. The number of nitrogen functional groups attached to an aromatic ring is 1. The summed E-state index contributed by atoms with van der Waals surface area (Å²) in [6.07, 6.45) is 0. The third-order valence-electron chi connectivity index (χ3n) is 2.82. The maximum absolute atomic E-state index is 13.1. The highest BCUT2D eigenvalue weighted by Gasteiger charge is 2.18. The van der Waals surface area contributed by atoms with Gasteiger partial charge in [0.15, 0.2) is 0 Å². The van der Waals surface area contributed by atoms with E-state index >= 15 is 0 Å². The van der Waals surface area contributed by atoms with Gasteiger partial charge in [-0.05, 0) is 52.3 Å². The van der Waals surface area contributed by atoms with Crippen LogP contribution in [0, 0.1) is 5.82 Å². The molecule has 20 heavy (non-hydrogen) atoms. The molecule has 3 nitrogen and oxygen atoms in total. The Kier molecular flexibility index (Phi) is 4.45. The van der Waals surface area contributed by atoms with E-state index in [9.17, 15) is 9.18 Å². The number of halogens is 3. The SMILES string of the molecule is CN(C(=O)c1ccc(F)cc1Br)c1ccc(Br)cc1N. The van der Waals surface area contributed by atoms with E-state index in [1.54, 1.807) is 25.2 Å². The Labute approximate surface area is 132 Å². The van der Waals surface area contributed by atoms with Crippen molar-refractivity contribution in [2.24, 2.45) is 0 Å². The minimum atomic E-state index is -0.403. The number of nitrogens with two attached hydrogens (primary N) is 1. The molecule has 0 aromatic heterocycles. The van der Waals surface area contributed by atoms with Gasteiger partial charge in [-0.1, -0.05) is 15.9 Å². The monoisotopic (exact) mass is 400 g/mol. The molecule has 0 aliphatic heterocycles. The summed E-state index contributed by atoms with van der Waals surface area (Å²) < 4.78 is 14.3. The van der Waals surface area contributed by atoms with Gasteiger partial charge in [0, 0.05) is 16.0 Å². The number of hydrogen-bond donors (Lipinski definition) is 1. The summed E-state index contributed by atoms with van der Waals surface area (Å²) >= 11 is 6.51. The summed E-state index contributed by atoms with van der Waals surface area (Å²) in [4.78, 5) is 13.9. The van der Waals surface area contributed by atoms with E-state index in [4.69, 9.17) is 5.73 Å². The van der Waals surface area contributed by atoms with E-state index in [0.29, 0.717) is 21.4 Å². The lowest BCUT2D eigenvalue weighted by molar-refractivity contribution is 0.0992. The van der Waals surface area contributed by atoms with Gasteiger partial charge in [-0.25, -0.2) is 4.39 Å². The van der Waals surface area contributed by atoms with Crippen molar-refractivity contribution in [1.82, 2.24) is 0 Å². The summed E-state index contributed by atoms with van der Waals surface area (Å²) in [6, 6.07) is 9.21. The summed E-state index contributed by atoms with van der Waals surface area (Å²) in [5, 5.41) is 0. The Hall–Kier alpha value is -1.40. The molecule has 2 aromatic rings. The third kappa shape index (κ3) is 3.02. The van der Waals surface area contributed by atoms with Crippen molar-refractivity contribution in [1.29, 1.82) is 0 Å². The fourth-order valence-electron chi connectivity index (χ4n) is 1.78. The number of carbonyl (C=O) groups is 1. The second-order valence-corrected chi connectivity index (χ2v) is 5.96. The standard InChI is InChI=1S/C14H11Br2FN2O/c1-19(13-5-2-8(15)6-12(13)18)14(20)10-4-3-9(17)7-11(10)16/h2-7H,18H2,1H3. The molecule has 0 aliphatic rings. The number of carbonyl (C=O) groups excluding carboxylic acids is 1. The first-order chi connectivity index (χ1) is 9.40. The fraction of sp³-hybridized carbons (Fsp3) is 0.0714. The molecule has 0 spiro atoms. The molecule has 104 valence electrons. The summed E-state index contributed by atoms with van der Waals surface area (Å²) in [5.74, 6) is -0.676. The summed E-state index contributed by atoms with van der Waals surface area (Å²) in [5.41, 5.74) is 7.35. The highest BCUT2D eigenvalue weighted by molar-refractivity contribution is 9.10. The van der Waals surface area contributed by atoms with Gasteiger partial charge in [-0.3, -0.25) is 4.79 Å². The first-order valence-corrected chi connectivity index (χ1v) is 7.27. The molecule has 0 fully saturated rings. The zero-order chi connectivity index (χ0) is 14.9. The Bertz CT molecular complexity index is 676. The molecule has 2 N–H and O–H groups in total. The Balaban J connectivity index is 2.37. The lowest BCUT2D eigenvalue weighted by atomic mass is 10.1.